The van der Waals surface area contributed by atoms with Crippen molar-refractivity contribution in [1.82, 2.24) is 20.4 Å². The van der Waals surface area contributed by atoms with Crippen LogP contribution in [0.2, 0.25) is 0 Å². The first-order valence-electron chi connectivity index (χ1n) is 8.79. The minimum absolute atomic E-state index is 0.0158. The Morgan fingerprint density at radius 1 is 1.40 bits per heavy atom. The lowest BCUT2D eigenvalue weighted by atomic mass is 9.99. The number of hydrogen-bond acceptors (Lipinski definition) is 3. The number of nitrogens with zero attached hydrogens (tertiary/aromatic N) is 2. The third-order valence-electron chi connectivity index (χ3n) is 4.84. The van der Waals surface area contributed by atoms with E-state index < -0.39 is 5.60 Å². The van der Waals surface area contributed by atoms with Crippen LogP contribution in [0.4, 0.5) is 4.79 Å². The summed E-state index contributed by atoms with van der Waals surface area (Å²) in [6.45, 7) is 1.80. The summed E-state index contributed by atoms with van der Waals surface area (Å²) in [6.07, 6.45) is 7.59. The van der Waals surface area contributed by atoms with Gasteiger partial charge in [0, 0.05) is 18.8 Å². The van der Waals surface area contributed by atoms with Crippen LogP contribution in [-0.2, 0) is 19.1 Å². The Labute approximate surface area is 148 Å². The van der Waals surface area contributed by atoms with E-state index in [4.69, 9.17) is 0 Å². The summed E-state index contributed by atoms with van der Waals surface area (Å²) in [6, 6.07) is 8.06. The number of carbonyl (C=O) groups is 1. The average molecular weight is 342 g/mol. The van der Waals surface area contributed by atoms with Gasteiger partial charge in [0.05, 0.1) is 18.8 Å². The smallest absolute Gasteiger partial charge is 0.315 e. The van der Waals surface area contributed by atoms with E-state index in [-0.39, 0.29) is 18.6 Å². The van der Waals surface area contributed by atoms with Crippen molar-refractivity contribution in [3.05, 3.63) is 53.3 Å². The topological polar surface area (TPSA) is 79.2 Å². The molecule has 0 radical (unpaired) electrons. The molecule has 1 aliphatic carbocycles. The van der Waals surface area contributed by atoms with Crippen LogP contribution in [0.3, 0.4) is 0 Å². The molecule has 6 heteroatoms. The SMILES string of the molecule is Cn1cc([C@@](C)(O)CNC(=O)N[C@H]2CCCCc3ccccc32)cn1. The van der Waals surface area contributed by atoms with Crippen molar-refractivity contribution in [3.63, 3.8) is 0 Å². The summed E-state index contributed by atoms with van der Waals surface area (Å²) < 4.78 is 1.63. The van der Waals surface area contributed by atoms with E-state index in [0.29, 0.717) is 5.56 Å². The summed E-state index contributed by atoms with van der Waals surface area (Å²) in [5, 5.41) is 20.5. The molecule has 0 unspecified atom stereocenters. The van der Waals surface area contributed by atoms with E-state index in [2.05, 4.69) is 27.9 Å². The van der Waals surface area contributed by atoms with Crippen molar-refractivity contribution in [2.24, 2.45) is 7.05 Å². The molecule has 3 rings (SSSR count). The molecule has 1 aromatic carbocycles. The minimum Gasteiger partial charge on any atom is -0.383 e. The number of aryl methyl sites for hydroxylation is 2. The highest BCUT2D eigenvalue weighted by molar-refractivity contribution is 5.74. The highest BCUT2D eigenvalue weighted by Gasteiger charge is 2.26. The number of benzene rings is 1. The van der Waals surface area contributed by atoms with Crippen molar-refractivity contribution in [2.75, 3.05) is 6.54 Å². The molecule has 0 bridgehead atoms. The Morgan fingerprint density at radius 3 is 2.96 bits per heavy atom. The van der Waals surface area contributed by atoms with E-state index in [1.165, 1.54) is 11.1 Å². The van der Waals surface area contributed by atoms with Gasteiger partial charge in [-0.2, -0.15) is 5.10 Å². The van der Waals surface area contributed by atoms with E-state index >= 15 is 0 Å². The van der Waals surface area contributed by atoms with Gasteiger partial charge in [-0.3, -0.25) is 4.68 Å². The molecule has 0 saturated carbocycles. The minimum atomic E-state index is -1.16. The normalized spacial score (nSPS) is 19.4. The lowest BCUT2D eigenvalue weighted by Gasteiger charge is -2.24. The maximum atomic E-state index is 12.4. The van der Waals surface area contributed by atoms with Crippen LogP contribution in [0.5, 0.6) is 0 Å². The van der Waals surface area contributed by atoms with E-state index in [1.807, 2.05) is 12.1 Å². The number of aliphatic hydroxyl groups is 1. The number of amides is 2. The van der Waals surface area contributed by atoms with Crippen molar-refractivity contribution >= 4 is 6.03 Å². The van der Waals surface area contributed by atoms with Crippen LogP contribution in [-0.4, -0.2) is 27.5 Å². The summed E-state index contributed by atoms with van der Waals surface area (Å²) in [4.78, 5) is 12.4. The molecule has 0 saturated heterocycles. The largest absolute Gasteiger partial charge is 0.383 e. The molecule has 1 aromatic heterocycles. The van der Waals surface area contributed by atoms with Crippen molar-refractivity contribution in [1.29, 1.82) is 0 Å². The van der Waals surface area contributed by atoms with Crippen molar-refractivity contribution < 1.29 is 9.90 Å². The monoisotopic (exact) mass is 342 g/mol. The Kier molecular flexibility index (Phi) is 5.08. The number of fused-ring (bicyclic) bond motifs is 1. The lowest BCUT2D eigenvalue weighted by molar-refractivity contribution is 0.0591. The number of hydrogen-bond donors (Lipinski definition) is 3. The Morgan fingerprint density at radius 2 is 2.20 bits per heavy atom. The molecular formula is C19H26N4O2. The van der Waals surface area contributed by atoms with Crippen LogP contribution < -0.4 is 10.6 Å². The lowest BCUT2D eigenvalue weighted by Crippen LogP contribution is -2.44. The zero-order valence-electron chi connectivity index (χ0n) is 14.8. The Balaban J connectivity index is 1.61. The average Bonchev–Trinajstić information content (AvgIpc) is 2.94. The fraction of sp³-hybridized carbons (Fsp3) is 0.474. The first-order valence-corrected chi connectivity index (χ1v) is 8.79. The number of carbonyl (C=O) groups excluding carboxylic acids is 1. The molecule has 6 nitrogen and oxygen atoms in total. The van der Waals surface area contributed by atoms with Gasteiger partial charge >= 0.3 is 6.03 Å². The van der Waals surface area contributed by atoms with E-state index in [0.717, 1.165) is 25.7 Å². The quantitative estimate of drug-likeness (QED) is 0.747. The second-order valence-electron chi connectivity index (χ2n) is 7.00. The highest BCUT2D eigenvalue weighted by atomic mass is 16.3. The van der Waals surface area contributed by atoms with Gasteiger partial charge in [0.25, 0.3) is 0 Å². The highest BCUT2D eigenvalue weighted by Crippen LogP contribution is 2.28. The summed E-state index contributed by atoms with van der Waals surface area (Å²) in [5.41, 5.74) is 2.03. The van der Waals surface area contributed by atoms with Crippen LogP contribution in [0, 0.1) is 0 Å². The number of nitrogens with one attached hydrogen (secondary N) is 2. The predicted octanol–water partition coefficient (Wildman–Crippen LogP) is 2.39. The van der Waals surface area contributed by atoms with Gasteiger partial charge < -0.3 is 15.7 Å². The Hall–Kier alpha value is -2.34. The fourth-order valence-electron chi connectivity index (χ4n) is 3.33. The van der Waals surface area contributed by atoms with E-state index in [9.17, 15) is 9.90 Å². The van der Waals surface area contributed by atoms with E-state index in [1.54, 1.807) is 31.0 Å². The van der Waals surface area contributed by atoms with Crippen LogP contribution in [0.1, 0.15) is 48.9 Å². The summed E-state index contributed by atoms with van der Waals surface area (Å²) >= 11 is 0. The van der Waals surface area contributed by atoms with Gasteiger partial charge in [0.2, 0.25) is 0 Å². The maximum Gasteiger partial charge on any atom is 0.315 e. The molecule has 25 heavy (non-hydrogen) atoms. The van der Waals surface area contributed by atoms with Gasteiger partial charge in [0.1, 0.15) is 5.60 Å². The van der Waals surface area contributed by atoms with Crippen molar-refractivity contribution in [3.8, 4) is 0 Å². The van der Waals surface area contributed by atoms with Crippen LogP contribution >= 0.6 is 0 Å². The summed E-state index contributed by atoms with van der Waals surface area (Å²) in [5.74, 6) is 0. The van der Waals surface area contributed by atoms with Gasteiger partial charge in [-0.05, 0) is 37.3 Å². The van der Waals surface area contributed by atoms with Crippen molar-refractivity contribution in [2.45, 2.75) is 44.2 Å². The molecule has 2 amide bonds. The number of urea groups is 1. The Bertz CT molecular complexity index is 739. The standard InChI is InChI=1S/C19H26N4O2/c1-19(25,15-11-21-23(2)12-15)13-20-18(24)22-17-10-6-4-8-14-7-3-5-9-16(14)17/h3,5,7,9,11-12,17,25H,4,6,8,10,13H2,1-2H3,(H2,20,22,24)/t17-,19-/m0/s1. The maximum absolute atomic E-state index is 12.4. The fourth-order valence-corrected chi connectivity index (χ4v) is 3.33. The first-order chi connectivity index (χ1) is 12.0. The second-order valence-corrected chi connectivity index (χ2v) is 7.00. The molecule has 0 spiro atoms. The number of aromatic nitrogens is 2. The first kappa shape index (κ1) is 17.5. The van der Waals surface area contributed by atoms with Crippen LogP contribution in [0.25, 0.3) is 0 Å². The molecule has 0 fully saturated rings. The van der Waals surface area contributed by atoms with Gasteiger partial charge in [-0.1, -0.05) is 30.7 Å². The molecule has 1 aliphatic rings. The summed E-state index contributed by atoms with van der Waals surface area (Å²) in [7, 11) is 1.79. The van der Waals surface area contributed by atoms with Gasteiger partial charge in [0.15, 0.2) is 0 Å². The molecule has 2 aromatic rings. The number of rotatable bonds is 4. The zero-order chi connectivity index (χ0) is 17.9. The predicted molar refractivity (Wildman–Crippen MR) is 96.1 cm³/mol. The second kappa shape index (κ2) is 7.27. The van der Waals surface area contributed by atoms with Gasteiger partial charge in [-0.15, -0.1) is 0 Å². The molecule has 2 atom stereocenters. The van der Waals surface area contributed by atoms with Crippen LogP contribution in [0.15, 0.2) is 36.7 Å². The zero-order valence-corrected chi connectivity index (χ0v) is 14.8. The molecule has 134 valence electrons. The molecule has 1 heterocycles. The third-order valence-corrected chi connectivity index (χ3v) is 4.84. The molecule has 3 N–H and O–H groups in total. The molecular weight excluding hydrogens is 316 g/mol. The molecule has 0 aliphatic heterocycles. The third kappa shape index (κ3) is 4.20. The van der Waals surface area contributed by atoms with Gasteiger partial charge in [-0.25, -0.2) is 4.79 Å².